The van der Waals surface area contributed by atoms with Crippen molar-refractivity contribution in [1.82, 2.24) is 5.32 Å². The van der Waals surface area contributed by atoms with E-state index < -0.39 is 0 Å². The Labute approximate surface area is 124 Å². The van der Waals surface area contributed by atoms with Crippen molar-refractivity contribution in [2.24, 2.45) is 0 Å². The Morgan fingerprint density at radius 3 is 2.15 bits per heavy atom. The second-order valence-electron chi connectivity index (χ2n) is 4.91. The maximum absolute atomic E-state index is 5.88. The zero-order valence-corrected chi connectivity index (χ0v) is 11.9. The predicted molar refractivity (Wildman–Crippen MR) is 85.9 cm³/mol. The molecule has 0 radical (unpaired) electrons. The van der Waals surface area contributed by atoms with Crippen molar-refractivity contribution < 1.29 is 0 Å². The van der Waals surface area contributed by atoms with Gasteiger partial charge in [0.15, 0.2) is 0 Å². The van der Waals surface area contributed by atoms with Crippen LogP contribution in [0, 0.1) is 0 Å². The molecule has 0 spiro atoms. The van der Waals surface area contributed by atoms with Crippen LogP contribution < -0.4 is 5.32 Å². The number of nitrogens with one attached hydrogen (secondary N) is 1. The van der Waals surface area contributed by atoms with Crippen LogP contribution in [-0.2, 0) is 13.1 Å². The number of fused-ring (bicyclic) bond motifs is 1. The lowest BCUT2D eigenvalue weighted by Crippen LogP contribution is -2.12. The fraction of sp³-hybridized carbons (Fsp3) is 0.111. The summed E-state index contributed by atoms with van der Waals surface area (Å²) >= 11 is 5.88. The first-order chi connectivity index (χ1) is 9.81. The van der Waals surface area contributed by atoms with Gasteiger partial charge in [-0.2, -0.15) is 0 Å². The third-order valence-corrected chi connectivity index (χ3v) is 3.64. The Morgan fingerprint density at radius 1 is 0.700 bits per heavy atom. The van der Waals surface area contributed by atoms with Gasteiger partial charge in [0.25, 0.3) is 0 Å². The molecule has 3 aromatic rings. The smallest absolute Gasteiger partial charge is 0.0406 e. The summed E-state index contributed by atoms with van der Waals surface area (Å²) in [6.45, 7) is 1.72. The number of hydrogen-bond acceptors (Lipinski definition) is 1. The zero-order valence-electron chi connectivity index (χ0n) is 11.1. The molecule has 1 N–H and O–H groups in total. The molecule has 1 nitrogen and oxygen atoms in total. The van der Waals surface area contributed by atoms with Crippen LogP contribution in [0.4, 0.5) is 0 Å². The normalized spacial score (nSPS) is 10.8. The molecular weight excluding hydrogens is 266 g/mol. The molecule has 20 heavy (non-hydrogen) atoms. The highest BCUT2D eigenvalue weighted by molar-refractivity contribution is 6.30. The van der Waals surface area contributed by atoms with Crippen LogP contribution >= 0.6 is 11.6 Å². The molecule has 0 saturated heterocycles. The Bertz CT molecular complexity index is 704. The lowest BCUT2D eigenvalue weighted by molar-refractivity contribution is 0.694. The van der Waals surface area contributed by atoms with Gasteiger partial charge in [0.05, 0.1) is 0 Å². The van der Waals surface area contributed by atoms with Gasteiger partial charge in [-0.1, -0.05) is 60.1 Å². The minimum atomic E-state index is 0.781. The fourth-order valence-corrected chi connectivity index (χ4v) is 2.43. The third kappa shape index (κ3) is 3.19. The minimum absolute atomic E-state index is 0.781. The van der Waals surface area contributed by atoms with Crippen molar-refractivity contribution in [3.8, 4) is 0 Å². The number of benzene rings is 3. The monoisotopic (exact) mass is 281 g/mol. The molecule has 0 aliphatic carbocycles. The molecule has 0 aromatic heterocycles. The van der Waals surface area contributed by atoms with Crippen molar-refractivity contribution >= 4 is 22.4 Å². The van der Waals surface area contributed by atoms with Gasteiger partial charge in [0.2, 0.25) is 0 Å². The average Bonchev–Trinajstić information content (AvgIpc) is 2.49. The lowest BCUT2D eigenvalue weighted by atomic mass is 10.1. The quantitative estimate of drug-likeness (QED) is 0.725. The lowest BCUT2D eigenvalue weighted by Gasteiger charge is -2.07. The molecule has 0 unspecified atom stereocenters. The predicted octanol–water partition coefficient (Wildman–Crippen LogP) is 4.78. The first-order valence-corrected chi connectivity index (χ1v) is 7.12. The molecule has 0 fully saturated rings. The summed E-state index contributed by atoms with van der Waals surface area (Å²) in [6, 6.07) is 23.0. The van der Waals surface area contributed by atoms with Gasteiger partial charge in [-0.05, 0) is 40.1 Å². The number of rotatable bonds is 4. The van der Waals surface area contributed by atoms with Crippen LogP contribution in [-0.4, -0.2) is 0 Å². The van der Waals surface area contributed by atoms with Gasteiger partial charge in [-0.25, -0.2) is 0 Å². The molecule has 0 atom stereocenters. The molecule has 0 aliphatic rings. The number of hydrogen-bond donors (Lipinski definition) is 1. The molecule has 0 amide bonds. The second-order valence-corrected chi connectivity index (χ2v) is 5.35. The van der Waals surface area contributed by atoms with Crippen LogP contribution in [0.1, 0.15) is 11.1 Å². The van der Waals surface area contributed by atoms with E-state index in [1.165, 1.54) is 21.9 Å². The molecule has 0 bridgehead atoms. The van der Waals surface area contributed by atoms with Crippen molar-refractivity contribution in [3.63, 3.8) is 0 Å². The standard InChI is InChI=1S/C18H16ClN/c19-18-9-6-14(7-10-18)12-20-13-15-5-8-16-3-1-2-4-17(16)11-15/h1-11,20H,12-13H2. The maximum Gasteiger partial charge on any atom is 0.0406 e. The van der Waals surface area contributed by atoms with Crippen LogP contribution in [0.3, 0.4) is 0 Å². The molecule has 0 heterocycles. The summed E-state index contributed by atoms with van der Waals surface area (Å²) in [5.74, 6) is 0. The van der Waals surface area contributed by atoms with E-state index in [0.29, 0.717) is 0 Å². The first-order valence-electron chi connectivity index (χ1n) is 6.74. The molecule has 3 rings (SSSR count). The molecule has 0 saturated carbocycles. The topological polar surface area (TPSA) is 12.0 Å². The summed E-state index contributed by atoms with van der Waals surface area (Å²) in [5, 5.41) is 6.82. The molecule has 2 heteroatoms. The second kappa shape index (κ2) is 6.08. The molecule has 100 valence electrons. The summed E-state index contributed by atoms with van der Waals surface area (Å²) in [7, 11) is 0. The van der Waals surface area contributed by atoms with Crippen molar-refractivity contribution in [2.75, 3.05) is 0 Å². The largest absolute Gasteiger partial charge is 0.309 e. The van der Waals surface area contributed by atoms with E-state index in [1.54, 1.807) is 0 Å². The zero-order chi connectivity index (χ0) is 13.8. The van der Waals surface area contributed by atoms with Gasteiger partial charge < -0.3 is 5.32 Å². The first kappa shape index (κ1) is 13.2. The summed E-state index contributed by atoms with van der Waals surface area (Å²) in [5.41, 5.74) is 2.55. The van der Waals surface area contributed by atoms with Crippen LogP contribution in [0.2, 0.25) is 5.02 Å². The molecular formula is C18H16ClN. The van der Waals surface area contributed by atoms with E-state index in [0.717, 1.165) is 18.1 Å². The SMILES string of the molecule is Clc1ccc(CNCc2ccc3ccccc3c2)cc1. The fourth-order valence-electron chi connectivity index (χ4n) is 2.30. The van der Waals surface area contributed by atoms with E-state index in [9.17, 15) is 0 Å². The van der Waals surface area contributed by atoms with Gasteiger partial charge in [-0.3, -0.25) is 0 Å². The van der Waals surface area contributed by atoms with Crippen molar-refractivity contribution in [2.45, 2.75) is 13.1 Å². The highest BCUT2D eigenvalue weighted by atomic mass is 35.5. The van der Waals surface area contributed by atoms with E-state index in [2.05, 4.69) is 59.9 Å². The third-order valence-electron chi connectivity index (χ3n) is 3.39. The van der Waals surface area contributed by atoms with Crippen molar-refractivity contribution in [3.05, 3.63) is 82.9 Å². The van der Waals surface area contributed by atoms with Gasteiger partial charge in [0, 0.05) is 18.1 Å². The van der Waals surface area contributed by atoms with Gasteiger partial charge >= 0.3 is 0 Å². The Kier molecular flexibility index (Phi) is 4.00. The average molecular weight is 282 g/mol. The van der Waals surface area contributed by atoms with Gasteiger partial charge in [0.1, 0.15) is 0 Å². The van der Waals surface area contributed by atoms with Crippen LogP contribution in [0.15, 0.2) is 66.7 Å². The van der Waals surface area contributed by atoms with E-state index in [4.69, 9.17) is 11.6 Å². The summed E-state index contributed by atoms with van der Waals surface area (Å²) in [6.07, 6.45) is 0. The van der Waals surface area contributed by atoms with E-state index >= 15 is 0 Å². The maximum atomic E-state index is 5.88. The summed E-state index contributed by atoms with van der Waals surface area (Å²) in [4.78, 5) is 0. The summed E-state index contributed by atoms with van der Waals surface area (Å²) < 4.78 is 0. The highest BCUT2D eigenvalue weighted by Crippen LogP contribution is 2.15. The Hall–Kier alpha value is -1.83. The molecule has 3 aromatic carbocycles. The van der Waals surface area contributed by atoms with Crippen molar-refractivity contribution in [1.29, 1.82) is 0 Å². The minimum Gasteiger partial charge on any atom is -0.309 e. The Balaban J connectivity index is 1.63. The number of halogens is 1. The van der Waals surface area contributed by atoms with E-state index in [-0.39, 0.29) is 0 Å². The molecule has 0 aliphatic heterocycles. The Morgan fingerprint density at radius 2 is 1.35 bits per heavy atom. The van der Waals surface area contributed by atoms with E-state index in [1.807, 2.05) is 12.1 Å². The van der Waals surface area contributed by atoms with Gasteiger partial charge in [-0.15, -0.1) is 0 Å². The highest BCUT2D eigenvalue weighted by Gasteiger charge is 1.97. The van der Waals surface area contributed by atoms with Crippen LogP contribution in [0.5, 0.6) is 0 Å². The van der Waals surface area contributed by atoms with Crippen LogP contribution in [0.25, 0.3) is 10.8 Å².